The van der Waals surface area contributed by atoms with E-state index in [2.05, 4.69) is 38.3 Å². The van der Waals surface area contributed by atoms with Gasteiger partial charge in [0.15, 0.2) is 0 Å². The molecule has 0 bridgehead atoms. The van der Waals surface area contributed by atoms with Crippen LogP contribution in [0.2, 0.25) is 20.1 Å². The SMILES string of the molecule is CC(C)(C)OC(=O)NC1CC(Cc2ccc(Cl)c(Cl)c2)c2ccccc21.CC(C)(C)OC(=O)OC(=O)OC(C)(C)C.[HH].[N-]=[N+]=NC1CC(Cc2ccc(Cl)c(Cl)c2)c2ccccc21. The van der Waals surface area contributed by atoms with E-state index in [9.17, 15) is 14.4 Å². The van der Waals surface area contributed by atoms with Crippen molar-refractivity contribution in [3.05, 3.63) is 149 Å². The molecule has 0 saturated heterocycles. The maximum atomic E-state index is 12.2. The molecule has 0 spiro atoms. The van der Waals surface area contributed by atoms with Crippen LogP contribution in [-0.2, 0) is 31.8 Å². The van der Waals surface area contributed by atoms with Gasteiger partial charge in [0.05, 0.1) is 32.2 Å². The van der Waals surface area contributed by atoms with E-state index in [1.807, 2.05) is 87.5 Å². The minimum Gasteiger partial charge on any atom is -0.444 e. The van der Waals surface area contributed by atoms with Crippen LogP contribution in [0.1, 0.15) is 134 Å². The van der Waals surface area contributed by atoms with Gasteiger partial charge in [0, 0.05) is 6.34 Å². The molecule has 62 heavy (non-hydrogen) atoms. The van der Waals surface area contributed by atoms with Crippen LogP contribution < -0.4 is 5.32 Å². The fraction of sp³-hybridized carbons (Fsp3) is 0.426. The van der Waals surface area contributed by atoms with Crippen molar-refractivity contribution in [2.45, 2.75) is 129 Å². The van der Waals surface area contributed by atoms with E-state index in [-0.39, 0.29) is 19.6 Å². The third-order valence-corrected chi connectivity index (χ3v) is 10.9. The highest BCUT2D eigenvalue weighted by Crippen LogP contribution is 2.45. The van der Waals surface area contributed by atoms with Gasteiger partial charge in [-0.3, -0.25) is 0 Å². The number of nitrogens with one attached hydrogen (secondary N) is 1. The Kier molecular flexibility index (Phi) is 17.4. The number of alkyl carbamates (subject to hydrolysis) is 1. The minimum absolute atomic E-state index is 0. The summed E-state index contributed by atoms with van der Waals surface area (Å²) in [5, 5.41) is 9.22. The van der Waals surface area contributed by atoms with Gasteiger partial charge in [-0.1, -0.05) is 112 Å². The predicted octanol–water partition coefficient (Wildman–Crippen LogP) is 15.5. The summed E-state index contributed by atoms with van der Waals surface area (Å²) in [5.74, 6) is 0.650. The number of benzene rings is 4. The number of ether oxygens (including phenoxy) is 4. The lowest BCUT2D eigenvalue weighted by atomic mass is 9.93. The van der Waals surface area contributed by atoms with Crippen LogP contribution in [0, 0.1) is 0 Å². The maximum Gasteiger partial charge on any atom is 0.519 e. The molecule has 4 atom stereocenters. The van der Waals surface area contributed by atoms with Crippen LogP contribution in [0.3, 0.4) is 0 Å². The van der Waals surface area contributed by atoms with E-state index in [1.54, 1.807) is 41.5 Å². The van der Waals surface area contributed by atoms with Gasteiger partial charge in [-0.05, 0) is 163 Å². The summed E-state index contributed by atoms with van der Waals surface area (Å²) >= 11 is 24.2. The zero-order chi connectivity index (χ0) is 46.0. The predicted molar refractivity (Wildman–Crippen MR) is 248 cm³/mol. The number of amides is 1. The number of hydrogen-bond donors (Lipinski definition) is 1. The molecule has 0 radical (unpaired) electrons. The number of hydrogen-bond acceptors (Lipinski definition) is 8. The molecule has 0 fully saturated rings. The van der Waals surface area contributed by atoms with E-state index in [0.29, 0.717) is 31.9 Å². The summed E-state index contributed by atoms with van der Waals surface area (Å²) < 4.78 is 19.2. The van der Waals surface area contributed by atoms with Crippen molar-refractivity contribution in [3.8, 4) is 0 Å². The van der Waals surface area contributed by atoms with Crippen LogP contribution in [-0.4, -0.2) is 35.2 Å². The van der Waals surface area contributed by atoms with E-state index in [0.717, 1.165) is 47.9 Å². The van der Waals surface area contributed by atoms with Crippen LogP contribution in [0.4, 0.5) is 14.4 Å². The monoisotopic (exact) mass is 928 g/mol. The topological polar surface area (TPSA) is 149 Å². The summed E-state index contributed by atoms with van der Waals surface area (Å²) in [4.78, 5) is 37.2. The Morgan fingerprint density at radius 2 is 1.05 bits per heavy atom. The van der Waals surface area contributed by atoms with Gasteiger partial charge in [0.1, 0.15) is 16.8 Å². The minimum atomic E-state index is -1.06. The summed E-state index contributed by atoms with van der Waals surface area (Å²) in [6.07, 6.45) is 0.884. The second kappa shape index (κ2) is 21.6. The van der Waals surface area contributed by atoms with Gasteiger partial charge in [0.25, 0.3) is 0 Å². The van der Waals surface area contributed by atoms with Crippen LogP contribution in [0.5, 0.6) is 0 Å². The third kappa shape index (κ3) is 15.9. The average molecular weight is 931 g/mol. The molecule has 11 nitrogen and oxygen atoms in total. The number of carbonyl (C=O) groups excluding carboxylic acids is 3. The number of nitrogens with zero attached hydrogens (tertiary/aromatic N) is 3. The molecule has 0 heterocycles. The second-order valence-electron chi connectivity index (χ2n) is 18.0. The number of carbonyl (C=O) groups is 3. The number of halogens is 4. The standard InChI is InChI=1S/C21H23Cl2NO2.C16H13Cl2N3.C10H18O5.H2/c1-21(2,3)26-20(25)24-19-12-14(15-6-4-5-7-16(15)19)10-13-8-9-17(22)18(23)11-13;17-14-6-5-10(8-15(14)18)7-11-9-16(20-21-19)13-4-2-1-3-12(11)13;1-9(2,3)14-7(11)13-8(12)15-10(4,5)6;/h4-9,11,14,19H,10,12H2,1-3H3,(H,24,25);1-6,8,11,16H,7,9H2;1-6H3;1H. The van der Waals surface area contributed by atoms with E-state index >= 15 is 0 Å². The van der Waals surface area contributed by atoms with Gasteiger partial charge < -0.3 is 24.3 Å². The van der Waals surface area contributed by atoms with E-state index < -0.39 is 29.1 Å². The molecular formula is C47H56Cl4N4O7. The summed E-state index contributed by atoms with van der Waals surface area (Å²) in [6.45, 7) is 15.6. The first-order chi connectivity index (χ1) is 28.9. The Balaban J connectivity index is 0.000000259. The molecule has 4 aromatic rings. The highest BCUT2D eigenvalue weighted by atomic mass is 35.5. The van der Waals surface area contributed by atoms with Crippen LogP contribution in [0.25, 0.3) is 10.4 Å². The Labute approximate surface area is 385 Å². The van der Waals surface area contributed by atoms with Crippen molar-refractivity contribution >= 4 is 64.8 Å². The van der Waals surface area contributed by atoms with E-state index in [1.165, 1.54) is 11.1 Å². The molecule has 6 rings (SSSR count). The van der Waals surface area contributed by atoms with E-state index in [4.69, 9.17) is 66.1 Å². The fourth-order valence-corrected chi connectivity index (χ4v) is 7.75. The molecule has 4 aromatic carbocycles. The van der Waals surface area contributed by atoms with Gasteiger partial charge in [-0.25, -0.2) is 14.4 Å². The normalized spacial score (nSPS) is 17.6. The first kappa shape index (κ1) is 50.0. The lowest BCUT2D eigenvalue weighted by molar-refractivity contribution is -0.0294. The van der Waals surface area contributed by atoms with Crippen molar-refractivity contribution in [3.63, 3.8) is 0 Å². The molecule has 15 heteroatoms. The lowest BCUT2D eigenvalue weighted by Gasteiger charge is -2.22. The van der Waals surface area contributed by atoms with Gasteiger partial charge in [0.2, 0.25) is 0 Å². The van der Waals surface area contributed by atoms with Gasteiger partial charge in [-0.2, -0.15) is 0 Å². The van der Waals surface area contributed by atoms with Crippen molar-refractivity contribution in [1.82, 2.24) is 5.32 Å². The molecule has 2 aliphatic rings. The van der Waals surface area contributed by atoms with Crippen molar-refractivity contribution in [1.29, 1.82) is 0 Å². The summed E-state index contributed by atoms with van der Waals surface area (Å²) in [7, 11) is 0. The molecule has 0 aromatic heterocycles. The average Bonchev–Trinajstić information content (AvgIpc) is 3.66. The van der Waals surface area contributed by atoms with Crippen molar-refractivity contribution in [2.24, 2.45) is 5.11 Å². The van der Waals surface area contributed by atoms with Crippen LogP contribution >= 0.6 is 46.4 Å². The first-order valence-electron chi connectivity index (χ1n) is 20.1. The Morgan fingerprint density at radius 1 is 0.629 bits per heavy atom. The molecule has 0 aliphatic heterocycles. The smallest absolute Gasteiger partial charge is 0.444 e. The Hall–Kier alpha value is -4.64. The zero-order valence-electron chi connectivity index (χ0n) is 36.4. The molecule has 2 aliphatic carbocycles. The van der Waals surface area contributed by atoms with Gasteiger partial charge >= 0.3 is 18.4 Å². The largest absolute Gasteiger partial charge is 0.519 e. The molecule has 0 saturated carbocycles. The quantitative estimate of drug-likeness (QED) is 0.0505. The van der Waals surface area contributed by atoms with Crippen molar-refractivity contribution < 1.29 is 34.8 Å². The zero-order valence-corrected chi connectivity index (χ0v) is 39.5. The highest BCUT2D eigenvalue weighted by Gasteiger charge is 2.33. The number of fused-ring (bicyclic) bond motifs is 2. The molecule has 4 unspecified atom stereocenters. The Morgan fingerprint density at radius 3 is 1.48 bits per heavy atom. The number of rotatable bonds is 6. The Bertz CT molecular complexity index is 2240. The molecule has 334 valence electrons. The molecule has 1 amide bonds. The first-order valence-corrected chi connectivity index (χ1v) is 21.7. The van der Waals surface area contributed by atoms with Crippen molar-refractivity contribution in [2.75, 3.05) is 0 Å². The lowest BCUT2D eigenvalue weighted by Crippen LogP contribution is -2.34. The maximum absolute atomic E-state index is 12.2. The molecular weight excluding hydrogens is 874 g/mol. The fourth-order valence-electron chi connectivity index (χ4n) is 7.10. The summed E-state index contributed by atoms with van der Waals surface area (Å²) in [6, 6.07) is 27.8. The van der Waals surface area contributed by atoms with Gasteiger partial charge in [-0.15, -0.1) is 0 Å². The highest BCUT2D eigenvalue weighted by molar-refractivity contribution is 6.42. The third-order valence-electron chi connectivity index (χ3n) is 9.39. The number of azide groups is 1. The second-order valence-corrected chi connectivity index (χ2v) is 19.6. The van der Waals surface area contributed by atoms with Crippen LogP contribution in [0.15, 0.2) is 90.0 Å². The summed E-state index contributed by atoms with van der Waals surface area (Å²) in [5.41, 5.74) is 13.9. The molecule has 1 N–H and O–H groups in total.